The Morgan fingerprint density at radius 3 is 2.64 bits per heavy atom. The van der Waals surface area contributed by atoms with Crippen LogP contribution in [-0.4, -0.2) is 36.6 Å². The molecule has 0 bridgehead atoms. The predicted molar refractivity (Wildman–Crippen MR) is 57.0 cm³/mol. The number of nitrogens with two attached hydrogens (primary N) is 1. The first-order valence-electron chi connectivity index (χ1n) is 5.20. The van der Waals surface area contributed by atoms with E-state index in [0.29, 0.717) is 6.54 Å². The van der Waals surface area contributed by atoms with E-state index in [1.807, 2.05) is 4.90 Å². The van der Waals surface area contributed by atoms with Gasteiger partial charge < -0.3 is 16.0 Å². The molecule has 3 N–H and O–H groups in total. The maximum absolute atomic E-state index is 11.5. The SMILES string of the molecule is CC(C)(C)C1CN(CCCN)C(=O)N1. The molecular formula is C10H21N3O. The van der Waals surface area contributed by atoms with E-state index >= 15 is 0 Å². The van der Waals surface area contributed by atoms with E-state index in [9.17, 15) is 4.79 Å². The molecule has 0 spiro atoms. The number of carbonyl (C=O) groups is 1. The largest absolute Gasteiger partial charge is 0.333 e. The zero-order chi connectivity index (χ0) is 10.8. The highest BCUT2D eigenvalue weighted by molar-refractivity contribution is 5.77. The third-order valence-corrected chi connectivity index (χ3v) is 2.67. The van der Waals surface area contributed by atoms with Crippen molar-refractivity contribution in [1.82, 2.24) is 10.2 Å². The molecule has 1 aliphatic rings. The van der Waals surface area contributed by atoms with Crippen LogP contribution >= 0.6 is 0 Å². The van der Waals surface area contributed by atoms with Crippen LogP contribution in [0.1, 0.15) is 27.2 Å². The van der Waals surface area contributed by atoms with Gasteiger partial charge in [-0.3, -0.25) is 0 Å². The number of amides is 2. The fraction of sp³-hybridized carbons (Fsp3) is 0.900. The molecule has 1 atom stereocenters. The molecule has 0 aliphatic carbocycles. The summed E-state index contributed by atoms with van der Waals surface area (Å²) >= 11 is 0. The highest BCUT2D eigenvalue weighted by Gasteiger charge is 2.35. The minimum Gasteiger partial charge on any atom is -0.333 e. The molecule has 4 nitrogen and oxygen atoms in total. The molecule has 1 fully saturated rings. The van der Waals surface area contributed by atoms with Crippen molar-refractivity contribution in [3.8, 4) is 0 Å². The standard InChI is InChI=1S/C10H21N3O/c1-10(2,3)8-7-13(6-4-5-11)9(14)12-8/h8H,4-7,11H2,1-3H3,(H,12,14). The van der Waals surface area contributed by atoms with E-state index in [4.69, 9.17) is 5.73 Å². The molecule has 1 heterocycles. The Hall–Kier alpha value is -0.770. The molecule has 1 rings (SSSR count). The topological polar surface area (TPSA) is 58.4 Å². The number of hydrogen-bond donors (Lipinski definition) is 2. The third kappa shape index (κ3) is 2.61. The van der Waals surface area contributed by atoms with E-state index in [-0.39, 0.29) is 17.5 Å². The van der Waals surface area contributed by atoms with Crippen LogP contribution in [-0.2, 0) is 0 Å². The average Bonchev–Trinajstić information content (AvgIpc) is 2.43. The first kappa shape index (κ1) is 11.3. The van der Waals surface area contributed by atoms with Gasteiger partial charge in [-0.15, -0.1) is 0 Å². The average molecular weight is 199 g/mol. The second-order valence-corrected chi connectivity index (χ2v) is 4.96. The monoisotopic (exact) mass is 199 g/mol. The smallest absolute Gasteiger partial charge is 0.317 e. The quantitative estimate of drug-likeness (QED) is 0.705. The number of nitrogens with one attached hydrogen (secondary N) is 1. The fourth-order valence-electron chi connectivity index (χ4n) is 1.55. The third-order valence-electron chi connectivity index (χ3n) is 2.67. The van der Waals surface area contributed by atoms with E-state index in [0.717, 1.165) is 19.5 Å². The summed E-state index contributed by atoms with van der Waals surface area (Å²) in [6.07, 6.45) is 0.879. The van der Waals surface area contributed by atoms with Crippen LogP contribution in [0.2, 0.25) is 0 Å². The number of carbonyl (C=O) groups excluding carboxylic acids is 1. The summed E-state index contributed by atoms with van der Waals surface area (Å²) < 4.78 is 0. The van der Waals surface area contributed by atoms with Crippen LogP contribution in [0.4, 0.5) is 4.79 Å². The molecule has 14 heavy (non-hydrogen) atoms. The summed E-state index contributed by atoms with van der Waals surface area (Å²) in [6, 6.07) is 0.311. The van der Waals surface area contributed by atoms with Crippen molar-refractivity contribution < 1.29 is 4.79 Å². The zero-order valence-electron chi connectivity index (χ0n) is 9.34. The van der Waals surface area contributed by atoms with Crippen LogP contribution in [0, 0.1) is 5.41 Å². The molecule has 0 radical (unpaired) electrons. The second kappa shape index (κ2) is 4.17. The number of hydrogen-bond acceptors (Lipinski definition) is 2. The maximum atomic E-state index is 11.5. The van der Waals surface area contributed by atoms with Gasteiger partial charge >= 0.3 is 6.03 Å². The lowest BCUT2D eigenvalue weighted by atomic mass is 9.87. The minimum absolute atomic E-state index is 0.0541. The Kier molecular flexibility index (Phi) is 3.37. The minimum atomic E-state index is 0.0541. The normalized spacial score (nSPS) is 22.7. The molecule has 0 aromatic heterocycles. The van der Waals surface area contributed by atoms with Gasteiger partial charge in [-0.05, 0) is 18.4 Å². The van der Waals surface area contributed by atoms with Crippen molar-refractivity contribution in [2.24, 2.45) is 11.1 Å². The van der Waals surface area contributed by atoms with E-state index in [1.54, 1.807) is 0 Å². The van der Waals surface area contributed by atoms with E-state index in [1.165, 1.54) is 0 Å². The number of nitrogens with zero attached hydrogens (tertiary/aromatic N) is 1. The summed E-state index contributed by atoms with van der Waals surface area (Å²) in [4.78, 5) is 13.4. The molecule has 1 unspecified atom stereocenters. The Morgan fingerprint density at radius 2 is 2.21 bits per heavy atom. The van der Waals surface area contributed by atoms with Crippen molar-refractivity contribution in [3.63, 3.8) is 0 Å². The lowest BCUT2D eigenvalue weighted by molar-refractivity contribution is 0.217. The Bertz CT molecular complexity index is 210. The van der Waals surface area contributed by atoms with Gasteiger partial charge in [-0.2, -0.15) is 0 Å². The lowest BCUT2D eigenvalue weighted by Crippen LogP contribution is -2.38. The van der Waals surface area contributed by atoms with Crippen LogP contribution in [0.5, 0.6) is 0 Å². The zero-order valence-corrected chi connectivity index (χ0v) is 9.34. The Morgan fingerprint density at radius 1 is 1.57 bits per heavy atom. The Labute approximate surface area is 85.8 Å². The lowest BCUT2D eigenvalue weighted by Gasteiger charge is -2.25. The van der Waals surface area contributed by atoms with Gasteiger partial charge in [-0.1, -0.05) is 20.8 Å². The number of urea groups is 1. The summed E-state index contributed by atoms with van der Waals surface area (Å²) in [7, 11) is 0. The van der Waals surface area contributed by atoms with Gasteiger partial charge in [0.15, 0.2) is 0 Å². The van der Waals surface area contributed by atoms with Gasteiger partial charge in [-0.25, -0.2) is 4.79 Å². The first-order valence-corrected chi connectivity index (χ1v) is 5.20. The van der Waals surface area contributed by atoms with E-state index in [2.05, 4.69) is 26.1 Å². The maximum Gasteiger partial charge on any atom is 0.317 e. The summed E-state index contributed by atoms with van der Waals surface area (Å²) in [6.45, 7) is 8.65. The summed E-state index contributed by atoms with van der Waals surface area (Å²) in [5.74, 6) is 0. The highest BCUT2D eigenvalue weighted by Crippen LogP contribution is 2.23. The molecule has 1 saturated heterocycles. The summed E-state index contributed by atoms with van der Waals surface area (Å²) in [5, 5.41) is 3.00. The summed E-state index contributed by atoms with van der Waals surface area (Å²) in [5.41, 5.74) is 5.55. The molecule has 4 heteroatoms. The highest BCUT2D eigenvalue weighted by atomic mass is 16.2. The first-order chi connectivity index (χ1) is 6.45. The van der Waals surface area contributed by atoms with Gasteiger partial charge in [0.25, 0.3) is 0 Å². The molecule has 2 amide bonds. The van der Waals surface area contributed by atoms with E-state index < -0.39 is 0 Å². The molecular weight excluding hydrogens is 178 g/mol. The van der Waals surface area contributed by atoms with Crippen molar-refractivity contribution >= 4 is 6.03 Å². The Balaban J connectivity index is 2.47. The van der Waals surface area contributed by atoms with Gasteiger partial charge in [0.05, 0.1) is 6.04 Å². The van der Waals surface area contributed by atoms with Gasteiger partial charge in [0.1, 0.15) is 0 Å². The van der Waals surface area contributed by atoms with Crippen LogP contribution in [0.15, 0.2) is 0 Å². The predicted octanol–water partition coefficient (Wildman–Crippen LogP) is 0.775. The van der Waals surface area contributed by atoms with Crippen LogP contribution in [0.3, 0.4) is 0 Å². The molecule has 82 valence electrons. The molecule has 1 aliphatic heterocycles. The molecule has 0 aromatic carbocycles. The van der Waals surface area contributed by atoms with Crippen molar-refractivity contribution in [3.05, 3.63) is 0 Å². The van der Waals surface area contributed by atoms with Crippen molar-refractivity contribution in [2.45, 2.75) is 33.2 Å². The van der Waals surface area contributed by atoms with Gasteiger partial charge in [0, 0.05) is 13.1 Å². The van der Waals surface area contributed by atoms with Crippen molar-refractivity contribution in [2.75, 3.05) is 19.6 Å². The fourth-order valence-corrected chi connectivity index (χ4v) is 1.55. The van der Waals surface area contributed by atoms with Crippen LogP contribution < -0.4 is 11.1 Å². The second-order valence-electron chi connectivity index (χ2n) is 4.96. The number of rotatable bonds is 3. The van der Waals surface area contributed by atoms with Crippen molar-refractivity contribution in [1.29, 1.82) is 0 Å². The molecule has 0 saturated carbocycles. The van der Waals surface area contributed by atoms with Gasteiger partial charge in [0.2, 0.25) is 0 Å². The van der Waals surface area contributed by atoms with Crippen LogP contribution in [0.25, 0.3) is 0 Å². The molecule has 0 aromatic rings.